The van der Waals surface area contributed by atoms with Gasteiger partial charge in [0, 0.05) is 14.2 Å². The Balaban J connectivity index is 1.22. The summed E-state index contributed by atoms with van der Waals surface area (Å²) in [7, 11) is 3.04. The van der Waals surface area contributed by atoms with E-state index in [2.05, 4.69) is 0 Å². The normalized spacial score (nSPS) is 37.6. The highest BCUT2D eigenvalue weighted by molar-refractivity contribution is 5.76. The van der Waals surface area contributed by atoms with Crippen molar-refractivity contribution in [2.75, 3.05) is 14.2 Å². The molecule has 4 aliphatic heterocycles. The summed E-state index contributed by atoms with van der Waals surface area (Å²) in [4.78, 5) is 13.7. The number of methoxy groups -OCH3 is 2. The zero-order valence-electron chi connectivity index (χ0n) is 23.5. The third-order valence-electron chi connectivity index (χ3n) is 8.02. The second-order valence-corrected chi connectivity index (χ2v) is 11.7. The Morgan fingerprint density at radius 1 is 0.775 bits per heavy atom. The van der Waals surface area contributed by atoms with Gasteiger partial charge in [0.15, 0.2) is 24.2 Å². The highest BCUT2D eigenvalue weighted by Crippen LogP contribution is 2.41. The molecule has 1 aromatic carbocycles. The minimum absolute atomic E-state index is 0.0721. The number of hydrogen-bond acceptors (Lipinski definition) is 11. The van der Waals surface area contributed by atoms with Crippen LogP contribution in [-0.4, -0.2) is 107 Å². The van der Waals surface area contributed by atoms with E-state index in [-0.39, 0.29) is 13.1 Å². The van der Waals surface area contributed by atoms with Gasteiger partial charge in [-0.15, -0.1) is 0 Å². The maximum absolute atomic E-state index is 13.7. The molecule has 0 saturated carbocycles. The van der Waals surface area contributed by atoms with Crippen LogP contribution in [-0.2, 0) is 51.0 Å². The third-order valence-corrected chi connectivity index (χ3v) is 8.02. The Kier molecular flexibility index (Phi) is 7.14. The van der Waals surface area contributed by atoms with Crippen LogP contribution in [0.1, 0.15) is 27.7 Å². The fourth-order valence-electron chi connectivity index (χ4n) is 6.37. The lowest BCUT2D eigenvalue weighted by Crippen LogP contribution is -2.46. The number of hydrogen-bond donors (Lipinski definition) is 2. The quantitative estimate of drug-likeness (QED) is 0.456. The number of ether oxygens (including phenoxy) is 8. The lowest BCUT2D eigenvalue weighted by molar-refractivity contribution is -0.228. The Morgan fingerprint density at radius 2 is 1.18 bits per heavy atom. The van der Waals surface area contributed by atoms with Gasteiger partial charge in [-0.1, -0.05) is 12.1 Å². The number of rotatable bonds is 8. The Labute approximate surface area is 231 Å². The van der Waals surface area contributed by atoms with Gasteiger partial charge in [0.2, 0.25) is 0 Å². The first-order chi connectivity index (χ1) is 18.9. The monoisotopic (exact) mass is 566 g/mol. The van der Waals surface area contributed by atoms with E-state index in [0.29, 0.717) is 11.0 Å². The zero-order chi connectivity index (χ0) is 28.6. The number of aliphatic hydroxyl groups excluding tert-OH is 2. The van der Waals surface area contributed by atoms with Crippen molar-refractivity contribution in [2.24, 2.45) is 0 Å². The van der Waals surface area contributed by atoms with Gasteiger partial charge in [0.25, 0.3) is 0 Å². The maximum Gasteiger partial charge on any atom is 0.329 e. The fraction of sp³-hybridized carbons (Fsp3) is 0.741. The van der Waals surface area contributed by atoms with E-state index in [1.165, 1.54) is 23.4 Å². The topological polar surface area (TPSA) is 141 Å². The van der Waals surface area contributed by atoms with Crippen LogP contribution in [0.15, 0.2) is 29.1 Å². The molecular weight excluding hydrogens is 528 g/mol. The molecule has 0 aliphatic carbocycles. The predicted molar refractivity (Wildman–Crippen MR) is 137 cm³/mol. The molecule has 2 N–H and O–H groups in total. The van der Waals surface area contributed by atoms with Crippen LogP contribution in [0.5, 0.6) is 0 Å². The molecule has 10 atom stereocenters. The molecule has 5 heterocycles. The van der Waals surface area contributed by atoms with Crippen LogP contribution in [0.2, 0.25) is 0 Å². The van der Waals surface area contributed by atoms with E-state index >= 15 is 0 Å². The molecule has 0 unspecified atom stereocenters. The summed E-state index contributed by atoms with van der Waals surface area (Å²) >= 11 is 0. The minimum Gasteiger partial charge on any atom is -0.388 e. The average Bonchev–Trinajstić information content (AvgIpc) is 3.63. The first-order valence-electron chi connectivity index (χ1n) is 13.5. The summed E-state index contributed by atoms with van der Waals surface area (Å²) in [5, 5.41) is 22.5. The highest BCUT2D eigenvalue weighted by atomic mass is 16.9. The number of nitrogens with zero attached hydrogens (tertiary/aromatic N) is 2. The molecular formula is C27H38N2O11. The van der Waals surface area contributed by atoms with Crippen molar-refractivity contribution >= 4 is 11.0 Å². The first-order valence-corrected chi connectivity index (χ1v) is 13.5. The fourth-order valence-corrected chi connectivity index (χ4v) is 6.37. The molecule has 0 radical (unpaired) electrons. The van der Waals surface area contributed by atoms with Gasteiger partial charge in [0.1, 0.15) is 48.8 Å². The van der Waals surface area contributed by atoms with Gasteiger partial charge in [-0.25, -0.2) is 4.79 Å². The van der Waals surface area contributed by atoms with E-state index in [1.807, 2.05) is 12.1 Å². The molecule has 4 saturated heterocycles. The standard InChI is InChI=1S/C27H38N2O11/c1-26(2)37-21-19(33-5)17(35-23(21)39-26)15(30)11-28-13-9-7-8-10-14(13)29(25(28)32)12-16(31)18-20(34-6)22-24(36-18)40-27(3,4)38-22/h7-10,15-24,30-31H,11-12H2,1-6H3/t15-,16+,17-,18-,19+,20+,21+,22-,23+,24+/m0/s1. The predicted octanol–water partition coefficient (Wildman–Crippen LogP) is 0.308. The van der Waals surface area contributed by atoms with Crippen molar-refractivity contribution < 1.29 is 48.1 Å². The molecule has 4 fully saturated rings. The average molecular weight is 567 g/mol. The lowest BCUT2D eigenvalue weighted by atomic mass is 10.1. The Morgan fingerprint density at radius 3 is 1.55 bits per heavy atom. The van der Waals surface area contributed by atoms with Gasteiger partial charge in [0.05, 0.1) is 24.1 Å². The van der Waals surface area contributed by atoms with Crippen LogP contribution < -0.4 is 5.69 Å². The number of benzene rings is 1. The largest absolute Gasteiger partial charge is 0.388 e. The van der Waals surface area contributed by atoms with Crippen LogP contribution in [0.4, 0.5) is 0 Å². The van der Waals surface area contributed by atoms with Crippen molar-refractivity contribution in [3.63, 3.8) is 0 Å². The Hall–Kier alpha value is -1.91. The third kappa shape index (κ3) is 4.71. The van der Waals surface area contributed by atoms with Gasteiger partial charge in [-0.05, 0) is 39.8 Å². The second-order valence-electron chi connectivity index (χ2n) is 11.7. The molecule has 1 aromatic heterocycles. The molecule has 4 aliphatic rings. The SMILES string of the molecule is CO[C@@H]1[C@H]([C@@H](O)Cn2c(=O)n(C[C@@H](O)[C@@H]3O[C@@H]4OC(C)(C)O[C@H]4[C@@H]3OC)c3ccccc32)O[C@@H]2OC(C)(C)O[C@@H]21. The summed E-state index contributed by atoms with van der Waals surface area (Å²) in [5.74, 6) is -1.66. The van der Waals surface area contributed by atoms with E-state index < -0.39 is 78.7 Å². The van der Waals surface area contributed by atoms with Gasteiger partial charge in [-0.3, -0.25) is 9.13 Å². The molecule has 0 amide bonds. The summed E-state index contributed by atoms with van der Waals surface area (Å²) in [6.45, 7) is 7.00. The Bertz CT molecular complexity index is 1200. The maximum atomic E-state index is 13.7. The minimum atomic E-state index is -1.11. The van der Waals surface area contributed by atoms with Gasteiger partial charge in [-0.2, -0.15) is 0 Å². The van der Waals surface area contributed by atoms with E-state index in [1.54, 1.807) is 39.8 Å². The van der Waals surface area contributed by atoms with Gasteiger partial charge < -0.3 is 48.1 Å². The summed E-state index contributed by atoms with van der Waals surface area (Å²) in [6, 6.07) is 7.19. The summed E-state index contributed by atoms with van der Waals surface area (Å²) in [6.07, 6.45) is -7.36. The molecule has 0 bridgehead atoms. The van der Waals surface area contributed by atoms with E-state index in [4.69, 9.17) is 37.9 Å². The number of imidazole rings is 1. The van der Waals surface area contributed by atoms with E-state index in [9.17, 15) is 15.0 Å². The second kappa shape index (κ2) is 10.1. The molecule has 40 heavy (non-hydrogen) atoms. The number of aliphatic hydroxyl groups is 2. The number of aromatic nitrogens is 2. The zero-order valence-corrected chi connectivity index (χ0v) is 23.5. The summed E-state index contributed by atoms with van der Waals surface area (Å²) in [5.41, 5.74) is 0.793. The van der Waals surface area contributed by atoms with Crippen molar-refractivity contribution in [3.05, 3.63) is 34.7 Å². The number of fused-ring (bicyclic) bond motifs is 3. The van der Waals surface area contributed by atoms with Crippen LogP contribution in [0.25, 0.3) is 11.0 Å². The van der Waals surface area contributed by atoms with Gasteiger partial charge >= 0.3 is 5.69 Å². The molecule has 13 nitrogen and oxygen atoms in total. The van der Waals surface area contributed by atoms with Crippen molar-refractivity contribution in [1.82, 2.24) is 9.13 Å². The lowest BCUT2D eigenvalue weighted by Gasteiger charge is -2.28. The van der Waals surface area contributed by atoms with Crippen molar-refractivity contribution in [3.8, 4) is 0 Å². The van der Waals surface area contributed by atoms with Crippen LogP contribution in [0, 0.1) is 0 Å². The smallest absolute Gasteiger partial charge is 0.329 e. The van der Waals surface area contributed by atoms with Crippen molar-refractivity contribution in [2.45, 2.75) is 114 Å². The number of para-hydroxylation sites is 2. The van der Waals surface area contributed by atoms with Crippen LogP contribution >= 0.6 is 0 Å². The van der Waals surface area contributed by atoms with Crippen LogP contribution in [0.3, 0.4) is 0 Å². The molecule has 0 spiro atoms. The molecule has 13 heteroatoms. The highest BCUT2D eigenvalue weighted by Gasteiger charge is 2.58. The molecule has 6 rings (SSSR count). The summed E-state index contributed by atoms with van der Waals surface area (Å²) < 4.78 is 49.6. The molecule has 2 aromatic rings. The first kappa shape index (κ1) is 28.2. The van der Waals surface area contributed by atoms with Crippen molar-refractivity contribution in [1.29, 1.82) is 0 Å². The molecule has 222 valence electrons. The van der Waals surface area contributed by atoms with E-state index in [0.717, 1.165) is 0 Å².